The van der Waals surface area contributed by atoms with Crippen molar-refractivity contribution in [1.29, 1.82) is 0 Å². The number of carbonyl (C=O) groups excluding carboxylic acids is 2. The molecule has 1 heterocycles. The first kappa shape index (κ1) is 16.9. The molecule has 0 aromatic heterocycles. The molecule has 106 valence electrons. The Kier molecular flexibility index (Phi) is 9.33. The lowest BCUT2D eigenvalue weighted by Gasteiger charge is -2.32. The zero-order valence-electron chi connectivity index (χ0n) is 12.1. The van der Waals surface area contributed by atoms with Gasteiger partial charge in [-0.2, -0.15) is 0 Å². The molecule has 1 saturated heterocycles. The Morgan fingerprint density at radius 3 is 2.28 bits per heavy atom. The van der Waals surface area contributed by atoms with Gasteiger partial charge in [-0.25, -0.2) is 0 Å². The molecule has 0 aromatic carbocycles. The normalized spacial score (nSPS) is 17.4. The molecule has 0 saturated carbocycles. The van der Waals surface area contributed by atoms with Crippen molar-refractivity contribution in [3.63, 3.8) is 0 Å². The maximum atomic E-state index is 11.8. The lowest BCUT2D eigenvalue weighted by molar-refractivity contribution is -0.136. The number of nitrogens with zero attached hydrogens (tertiary/aromatic N) is 1. The van der Waals surface area contributed by atoms with Crippen molar-refractivity contribution in [3.05, 3.63) is 0 Å². The third-order valence-electron chi connectivity index (χ3n) is 3.36. The van der Waals surface area contributed by atoms with E-state index in [9.17, 15) is 9.59 Å². The first-order valence-corrected chi connectivity index (χ1v) is 6.90. The lowest BCUT2D eigenvalue weighted by Crippen LogP contribution is -2.40. The molecule has 4 nitrogen and oxygen atoms in total. The van der Waals surface area contributed by atoms with E-state index in [0.29, 0.717) is 19.0 Å². The Labute approximate surface area is 111 Å². The predicted octanol–water partition coefficient (Wildman–Crippen LogP) is 2.47. The van der Waals surface area contributed by atoms with E-state index in [4.69, 9.17) is 0 Å². The quantitative estimate of drug-likeness (QED) is 0.727. The Morgan fingerprint density at radius 2 is 1.94 bits per heavy atom. The van der Waals surface area contributed by atoms with Gasteiger partial charge in [0.2, 0.25) is 5.91 Å². The molecule has 0 bridgehead atoms. The molecule has 0 radical (unpaired) electrons. The zero-order valence-corrected chi connectivity index (χ0v) is 12.1. The Bertz CT molecular complexity index is 235. The van der Waals surface area contributed by atoms with Crippen LogP contribution in [0.1, 0.15) is 47.0 Å². The van der Waals surface area contributed by atoms with Crippen LogP contribution < -0.4 is 0 Å². The van der Waals surface area contributed by atoms with E-state index < -0.39 is 0 Å². The zero-order chi connectivity index (χ0) is 14.0. The largest absolute Gasteiger partial charge is 0.468 e. The molecule has 0 aliphatic carbocycles. The molecule has 1 fully saturated rings. The van der Waals surface area contributed by atoms with Gasteiger partial charge in [0.1, 0.15) is 0 Å². The maximum Gasteiger partial charge on any atom is 0.293 e. The summed E-state index contributed by atoms with van der Waals surface area (Å²) in [5, 5.41) is 0. The molecule has 4 heteroatoms. The predicted molar refractivity (Wildman–Crippen MR) is 72.1 cm³/mol. The smallest absolute Gasteiger partial charge is 0.293 e. The maximum absolute atomic E-state index is 11.8. The second-order valence-electron chi connectivity index (χ2n) is 4.87. The van der Waals surface area contributed by atoms with Gasteiger partial charge in [0.15, 0.2) is 0 Å². The number of carbonyl (C=O) groups is 2. The molecule has 1 aliphatic heterocycles. The molecule has 1 rings (SSSR count). The van der Waals surface area contributed by atoms with Crippen molar-refractivity contribution in [3.8, 4) is 0 Å². The van der Waals surface area contributed by atoms with E-state index in [0.717, 1.165) is 25.4 Å². The third kappa shape index (κ3) is 6.62. The average molecular weight is 257 g/mol. The molecular weight excluding hydrogens is 230 g/mol. The van der Waals surface area contributed by atoms with Gasteiger partial charge in [-0.15, -0.1) is 0 Å². The number of amides is 1. The first-order valence-electron chi connectivity index (χ1n) is 6.90. The third-order valence-corrected chi connectivity index (χ3v) is 3.36. The van der Waals surface area contributed by atoms with Crippen molar-refractivity contribution < 1.29 is 14.3 Å². The summed E-state index contributed by atoms with van der Waals surface area (Å²) in [6.07, 6.45) is 3.33. The summed E-state index contributed by atoms with van der Waals surface area (Å²) in [7, 11) is 0. The van der Waals surface area contributed by atoms with E-state index >= 15 is 0 Å². The average Bonchev–Trinajstić information content (AvgIpc) is 2.39. The van der Waals surface area contributed by atoms with Gasteiger partial charge >= 0.3 is 0 Å². The minimum atomic E-state index is 0.216. The van der Waals surface area contributed by atoms with Crippen molar-refractivity contribution >= 4 is 12.4 Å². The van der Waals surface area contributed by atoms with Crippen molar-refractivity contribution in [2.75, 3.05) is 19.7 Å². The second-order valence-corrected chi connectivity index (χ2v) is 4.87. The summed E-state index contributed by atoms with van der Waals surface area (Å²) < 4.78 is 4.15. The number of rotatable bonds is 4. The highest BCUT2D eigenvalue weighted by Gasteiger charge is 2.22. The standard InChI is InChI=1S/C11H21NO.C3H6O2/c1-4-10(3)11(13)12-7-5-9(2)6-8-12;1-2-5-3-4/h9-10H,4-8H2,1-3H3;3H,2H2,1H3. The van der Waals surface area contributed by atoms with Crippen LogP contribution in [0.3, 0.4) is 0 Å². The van der Waals surface area contributed by atoms with E-state index in [1.807, 2.05) is 11.8 Å². The topological polar surface area (TPSA) is 46.6 Å². The monoisotopic (exact) mass is 257 g/mol. The Morgan fingerprint density at radius 1 is 1.39 bits per heavy atom. The van der Waals surface area contributed by atoms with E-state index in [2.05, 4.69) is 18.6 Å². The number of piperidine rings is 1. The van der Waals surface area contributed by atoms with Gasteiger partial charge in [0.05, 0.1) is 6.61 Å². The molecule has 18 heavy (non-hydrogen) atoms. The van der Waals surface area contributed by atoms with Gasteiger partial charge in [0.25, 0.3) is 6.47 Å². The van der Waals surface area contributed by atoms with Gasteiger partial charge in [-0.1, -0.05) is 20.8 Å². The highest BCUT2D eigenvalue weighted by atomic mass is 16.5. The molecule has 1 amide bonds. The van der Waals surface area contributed by atoms with E-state index in [1.165, 1.54) is 12.8 Å². The van der Waals surface area contributed by atoms with Gasteiger partial charge < -0.3 is 9.64 Å². The molecule has 1 aliphatic rings. The van der Waals surface area contributed by atoms with Crippen LogP contribution in [0.5, 0.6) is 0 Å². The van der Waals surface area contributed by atoms with Gasteiger partial charge in [-0.05, 0) is 32.1 Å². The minimum absolute atomic E-state index is 0.216. The number of hydrogen-bond donors (Lipinski definition) is 0. The summed E-state index contributed by atoms with van der Waals surface area (Å²) in [5.41, 5.74) is 0. The SMILES string of the molecule is CCC(C)C(=O)N1CCC(C)CC1.CCOC=O. The first-order chi connectivity index (χ1) is 8.56. The Hall–Kier alpha value is -1.06. The van der Waals surface area contributed by atoms with Crippen LogP contribution in [0, 0.1) is 11.8 Å². The second kappa shape index (κ2) is 9.92. The molecular formula is C14H27NO3. The summed E-state index contributed by atoms with van der Waals surface area (Å²) >= 11 is 0. The van der Waals surface area contributed by atoms with Crippen LogP contribution in [0.2, 0.25) is 0 Å². The van der Waals surface area contributed by atoms with Crippen molar-refractivity contribution in [1.82, 2.24) is 4.90 Å². The summed E-state index contributed by atoms with van der Waals surface area (Å²) in [6, 6.07) is 0. The lowest BCUT2D eigenvalue weighted by atomic mass is 9.97. The molecule has 0 N–H and O–H groups in total. The molecule has 0 spiro atoms. The number of hydrogen-bond acceptors (Lipinski definition) is 3. The number of ether oxygens (including phenoxy) is 1. The summed E-state index contributed by atoms with van der Waals surface area (Å²) in [5.74, 6) is 1.38. The van der Waals surface area contributed by atoms with Crippen LogP contribution in [0.25, 0.3) is 0 Å². The van der Waals surface area contributed by atoms with Crippen LogP contribution in [0.15, 0.2) is 0 Å². The van der Waals surface area contributed by atoms with E-state index in [-0.39, 0.29) is 5.92 Å². The van der Waals surface area contributed by atoms with Gasteiger partial charge in [0, 0.05) is 19.0 Å². The van der Waals surface area contributed by atoms with Crippen LogP contribution in [0.4, 0.5) is 0 Å². The fourth-order valence-electron chi connectivity index (χ4n) is 1.78. The number of likely N-dealkylation sites (tertiary alicyclic amines) is 1. The summed E-state index contributed by atoms with van der Waals surface area (Å²) in [4.78, 5) is 23.0. The van der Waals surface area contributed by atoms with Crippen LogP contribution >= 0.6 is 0 Å². The Balaban J connectivity index is 0.000000494. The highest BCUT2D eigenvalue weighted by Crippen LogP contribution is 2.18. The fraction of sp³-hybridized carbons (Fsp3) is 0.857. The molecule has 0 aromatic rings. The van der Waals surface area contributed by atoms with E-state index in [1.54, 1.807) is 6.92 Å². The van der Waals surface area contributed by atoms with Crippen molar-refractivity contribution in [2.45, 2.75) is 47.0 Å². The van der Waals surface area contributed by atoms with Gasteiger partial charge in [-0.3, -0.25) is 9.59 Å². The fourth-order valence-corrected chi connectivity index (χ4v) is 1.78. The minimum Gasteiger partial charge on any atom is -0.468 e. The summed E-state index contributed by atoms with van der Waals surface area (Å²) in [6.45, 7) is 11.0. The van der Waals surface area contributed by atoms with Crippen LogP contribution in [-0.4, -0.2) is 37.0 Å². The van der Waals surface area contributed by atoms with Crippen molar-refractivity contribution in [2.24, 2.45) is 11.8 Å². The highest BCUT2D eigenvalue weighted by molar-refractivity contribution is 5.78. The molecule has 1 unspecified atom stereocenters. The molecule has 1 atom stereocenters. The van der Waals surface area contributed by atoms with Crippen LogP contribution in [-0.2, 0) is 14.3 Å².